The first-order valence-electron chi connectivity index (χ1n) is 10.4. The quantitative estimate of drug-likeness (QED) is 0.824. The highest BCUT2D eigenvalue weighted by molar-refractivity contribution is 5.34. The average Bonchev–Trinajstić information content (AvgIpc) is 2.71. The first-order chi connectivity index (χ1) is 13.7. The number of rotatable bonds is 2. The van der Waals surface area contributed by atoms with E-state index in [2.05, 4.69) is 19.1 Å². The molecule has 0 aliphatic carbocycles. The van der Waals surface area contributed by atoms with Gasteiger partial charge < -0.3 is 19.3 Å². The molecule has 1 N–H and O–H groups in total. The summed E-state index contributed by atoms with van der Waals surface area (Å²) in [6.45, 7) is 4.20. The van der Waals surface area contributed by atoms with Gasteiger partial charge in [0.15, 0.2) is 0 Å². The number of ether oxygens (including phenoxy) is 3. The molecule has 0 saturated heterocycles. The number of hydrogen-bond acceptors (Lipinski definition) is 4. The first-order valence-corrected chi connectivity index (χ1v) is 10.4. The van der Waals surface area contributed by atoms with Crippen molar-refractivity contribution in [2.75, 3.05) is 26.4 Å². The summed E-state index contributed by atoms with van der Waals surface area (Å²) < 4.78 is 17.5. The summed E-state index contributed by atoms with van der Waals surface area (Å²) in [7, 11) is 0. The molecule has 2 aromatic carbocycles. The predicted molar refractivity (Wildman–Crippen MR) is 111 cm³/mol. The molecule has 0 radical (unpaired) electrons. The van der Waals surface area contributed by atoms with E-state index in [0.29, 0.717) is 26.4 Å². The molecule has 2 aromatic rings. The SMILES string of the molecule is CCCC1(O)CCc2ccccc2OCCOCCOc2ccccc2CC1. The second kappa shape index (κ2) is 10.5. The third-order valence-electron chi connectivity index (χ3n) is 5.35. The van der Waals surface area contributed by atoms with Gasteiger partial charge in [-0.3, -0.25) is 0 Å². The van der Waals surface area contributed by atoms with Crippen LogP contribution >= 0.6 is 0 Å². The zero-order valence-electron chi connectivity index (χ0n) is 16.9. The lowest BCUT2D eigenvalue weighted by Gasteiger charge is -2.29. The van der Waals surface area contributed by atoms with Crippen molar-refractivity contribution in [1.82, 2.24) is 0 Å². The number of aryl methyl sites for hydroxylation is 2. The van der Waals surface area contributed by atoms with Crippen molar-refractivity contribution in [1.29, 1.82) is 0 Å². The zero-order chi connectivity index (χ0) is 19.7. The van der Waals surface area contributed by atoms with Gasteiger partial charge >= 0.3 is 0 Å². The minimum absolute atomic E-state index is 0.507. The van der Waals surface area contributed by atoms with Crippen molar-refractivity contribution in [2.45, 2.75) is 51.0 Å². The van der Waals surface area contributed by atoms with Gasteiger partial charge in [0.05, 0.1) is 18.8 Å². The average molecular weight is 385 g/mol. The number of aliphatic hydroxyl groups is 1. The van der Waals surface area contributed by atoms with Crippen LogP contribution in [0.1, 0.15) is 43.7 Å². The monoisotopic (exact) mass is 384 g/mol. The molecule has 0 saturated carbocycles. The van der Waals surface area contributed by atoms with E-state index >= 15 is 0 Å². The summed E-state index contributed by atoms with van der Waals surface area (Å²) in [4.78, 5) is 0. The van der Waals surface area contributed by atoms with Crippen LogP contribution in [-0.4, -0.2) is 37.1 Å². The van der Waals surface area contributed by atoms with Crippen molar-refractivity contribution >= 4 is 0 Å². The molecule has 1 heterocycles. The van der Waals surface area contributed by atoms with Crippen molar-refractivity contribution < 1.29 is 19.3 Å². The molecule has 152 valence electrons. The van der Waals surface area contributed by atoms with E-state index in [9.17, 15) is 5.11 Å². The molecule has 0 aromatic heterocycles. The fraction of sp³-hybridized carbons (Fsp3) is 0.500. The summed E-state index contributed by atoms with van der Waals surface area (Å²) in [6.07, 6.45) is 4.80. The zero-order valence-corrected chi connectivity index (χ0v) is 16.9. The molecule has 28 heavy (non-hydrogen) atoms. The van der Waals surface area contributed by atoms with E-state index < -0.39 is 5.60 Å². The molecule has 0 fully saturated rings. The topological polar surface area (TPSA) is 47.9 Å². The Labute approximate surface area is 168 Å². The Kier molecular flexibility index (Phi) is 7.75. The summed E-state index contributed by atoms with van der Waals surface area (Å²) in [6, 6.07) is 16.2. The van der Waals surface area contributed by atoms with Crippen LogP contribution in [0.2, 0.25) is 0 Å². The van der Waals surface area contributed by atoms with E-state index in [4.69, 9.17) is 14.2 Å². The number of benzene rings is 2. The largest absolute Gasteiger partial charge is 0.491 e. The van der Waals surface area contributed by atoms with Crippen molar-refractivity contribution in [3.63, 3.8) is 0 Å². The van der Waals surface area contributed by atoms with E-state index in [1.54, 1.807) is 0 Å². The molecule has 0 amide bonds. The standard InChI is InChI=1S/C24H32O4/c1-2-13-24(25)14-11-20-7-3-5-9-22(20)27-18-16-26-17-19-28-23-10-6-4-8-21(23)12-15-24/h3-10,25H,2,11-19H2,1H3. The summed E-state index contributed by atoms with van der Waals surface area (Å²) in [5, 5.41) is 11.3. The number of para-hydroxylation sites is 2. The van der Waals surface area contributed by atoms with Gasteiger partial charge in [0, 0.05) is 0 Å². The molecule has 1 aliphatic rings. The molecule has 0 spiro atoms. The van der Waals surface area contributed by atoms with Crippen LogP contribution in [0.3, 0.4) is 0 Å². The van der Waals surface area contributed by atoms with Gasteiger partial charge in [-0.1, -0.05) is 49.7 Å². The normalized spacial score (nSPS) is 18.2. The maximum atomic E-state index is 11.3. The summed E-state index contributed by atoms with van der Waals surface area (Å²) in [5.74, 6) is 1.78. The van der Waals surface area contributed by atoms with Crippen LogP contribution in [-0.2, 0) is 17.6 Å². The Bertz CT molecular complexity index is 673. The Morgan fingerprint density at radius 3 is 1.79 bits per heavy atom. The number of fused-ring (bicyclic) bond motifs is 2. The fourth-order valence-electron chi connectivity index (χ4n) is 3.80. The van der Waals surface area contributed by atoms with Gasteiger partial charge in [-0.2, -0.15) is 0 Å². The van der Waals surface area contributed by atoms with Crippen molar-refractivity contribution in [2.24, 2.45) is 0 Å². The third-order valence-corrected chi connectivity index (χ3v) is 5.35. The van der Waals surface area contributed by atoms with Gasteiger partial charge in [0.1, 0.15) is 24.7 Å². The molecule has 4 heteroatoms. The van der Waals surface area contributed by atoms with E-state index in [1.807, 2.05) is 36.4 Å². The Hall–Kier alpha value is -2.04. The van der Waals surface area contributed by atoms with Gasteiger partial charge in [-0.15, -0.1) is 0 Å². The highest BCUT2D eigenvalue weighted by Gasteiger charge is 2.26. The molecule has 1 aliphatic heterocycles. The smallest absolute Gasteiger partial charge is 0.122 e. The predicted octanol–water partition coefficient (Wildman–Crippen LogP) is 4.57. The Morgan fingerprint density at radius 2 is 1.29 bits per heavy atom. The van der Waals surface area contributed by atoms with Gasteiger partial charge in [0.25, 0.3) is 0 Å². The van der Waals surface area contributed by atoms with Gasteiger partial charge in [-0.25, -0.2) is 0 Å². The van der Waals surface area contributed by atoms with Crippen LogP contribution in [0.5, 0.6) is 11.5 Å². The highest BCUT2D eigenvalue weighted by atomic mass is 16.5. The second-order valence-electron chi connectivity index (χ2n) is 7.50. The minimum Gasteiger partial charge on any atom is -0.491 e. The van der Waals surface area contributed by atoms with E-state index in [1.165, 1.54) is 0 Å². The maximum absolute atomic E-state index is 11.3. The highest BCUT2D eigenvalue weighted by Crippen LogP contribution is 2.30. The first kappa shape index (κ1) is 20.7. The molecular weight excluding hydrogens is 352 g/mol. The molecule has 0 unspecified atom stereocenters. The lowest BCUT2D eigenvalue weighted by Crippen LogP contribution is -2.30. The van der Waals surface area contributed by atoms with Crippen LogP contribution in [0.25, 0.3) is 0 Å². The lowest BCUT2D eigenvalue weighted by molar-refractivity contribution is 0.0136. The lowest BCUT2D eigenvalue weighted by atomic mass is 9.85. The summed E-state index contributed by atoms with van der Waals surface area (Å²) in [5.41, 5.74) is 1.61. The van der Waals surface area contributed by atoms with Crippen LogP contribution in [0, 0.1) is 0 Å². The third kappa shape index (κ3) is 5.98. The second-order valence-corrected chi connectivity index (χ2v) is 7.50. The van der Waals surface area contributed by atoms with E-state index in [0.717, 1.165) is 61.2 Å². The Morgan fingerprint density at radius 1 is 0.786 bits per heavy atom. The molecule has 0 bridgehead atoms. The maximum Gasteiger partial charge on any atom is 0.122 e. The van der Waals surface area contributed by atoms with Crippen LogP contribution < -0.4 is 9.47 Å². The molecule has 0 atom stereocenters. The van der Waals surface area contributed by atoms with Crippen LogP contribution in [0.4, 0.5) is 0 Å². The van der Waals surface area contributed by atoms with Crippen molar-refractivity contribution in [3.8, 4) is 11.5 Å². The summed E-state index contributed by atoms with van der Waals surface area (Å²) >= 11 is 0. The Balaban J connectivity index is 1.79. The fourth-order valence-corrected chi connectivity index (χ4v) is 3.80. The van der Waals surface area contributed by atoms with Gasteiger partial charge in [0.2, 0.25) is 0 Å². The van der Waals surface area contributed by atoms with Gasteiger partial charge in [-0.05, 0) is 55.4 Å². The van der Waals surface area contributed by atoms with Crippen molar-refractivity contribution in [3.05, 3.63) is 59.7 Å². The van der Waals surface area contributed by atoms with E-state index in [-0.39, 0.29) is 0 Å². The van der Waals surface area contributed by atoms with Crippen LogP contribution in [0.15, 0.2) is 48.5 Å². The molecule has 3 rings (SSSR count). The molecule has 4 nitrogen and oxygen atoms in total. The minimum atomic E-state index is -0.685. The number of hydrogen-bond donors (Lipinski definition) is 1. The molecular formula is C24H32O4.